The number of benzene rings is 3. The fourth-order valence-electron chi connectivity index (χ4n) is 5.44. The van der Waals surface area contributed by atoms with Crippen molar-refractivity contribution in [1.29, 1.82) is 0 Å². The van der Waals surface area contributed by atoms with Crippen molar-refractivity contribution in [2.45, 2.75) is 39.7 Å². The van der Waals surface area contributed by atoms with E-state index in [4.69, 9.17) is 4.74 Å². The second-order valence-electron chi connectivity index (χ2n) is 9.81. The van der Waals surface area contributed by atoms with Crippen LogP contribution in [0.2, 0.25) is 0 Å². The molecule has 5 rings (SSSR count). The molecule has 1 aliphatic heterocycles. The number of carbonyl (C=O) groups excluding carboxylic acids is 2. The number of Topliss-reactive ketones (excluding diaryl/α,β-unsaturated/α-hetero) is 1. The summed E-state index contributed by atoms with van der Waals surface area (Å²) in [4.78, 5) is 28.3. The number of carbonyl (C=O) groups is 2. The quantitative estimate of drug-likeness (QED) is 0.180. The van der Waals surface area contributed by atoms with E-state index in [0.29, 0.717) is 30.0 Å². The predicted molar refractivity (Wildman–Crippen MR) is 145 cm³/mol. The van der Waals surface area contributed by atoms with Crippen LogP contribution >= 0.6 is 0 Å². The summed E-state index contributed by atoms with van der Waals surface area (Å²) in [6.45, 7) is 6.43. The molecular formula is C31H31FN2O4. The zero-order valence-corrected chi connectivity index (χ0v) is 22.0. The van der Waals surface area contributed by atoms with Crippen LogP contribution in [0.1, 0.15) is 58.5 Å². The second kappa shape index (κ2) is 10.1. The Morgan fingerprint density at radius 1 is 1.08 bits per heavy atom. The Labute approximate surface area is 221 Å². The normalized spacial score (nSPS) is 16.3. The molecule has 2 aliphatic rings. The van der Waals surface area contributed by atoms with E-state index < -0.39 is 17.7 Å². The monoisotopic (exact) mass is 514 g/mol. The Morgan fingerprint density at radius 3 is 2.47 bits per heavy atom. The number of nitrogens with zero attached hydrogens (tertiary/aromatic N) is 1. The number of fused-ring (bicyclic) bond motifs is 3. The van der Waals surface area contributed by atoms with E-state index >= 15 is 4.39 Å². The van der Waals surface area contributed by atoms with Gasteiger partial charge in [0.2, 0.25) is 0 Å². The average Bonchev–Trinajstić information content (AvgIpc) is 3.54. The molecule has 2 N–H and O–H groups in total. The smallest absolute Gasteiger partial charge is 0.257 e. The van der Waals surface area contributed by atoms with Crippen LogP contribution in [0.4, 0.5) is 10.1 Å². The zero-order chi connectivity index (χ0) is 27.1. The van der Waals surface area contributed by atoms with E-state index in [1.807, 2.05) is 37.3 Å². The summed E-state index contributed by atoms with van der Waals surface area (Å²) in [5.41, 5.74) is 4.84. The van der Waals surface area contributed by atoms with E-state index in [1.165, 1.54) is 6.08 Å². The van der Waals surface area contributed by atoms with Gasteiger partial charge in [0.05, 0.1) is 5.57 Å². The van der Waals surface area contributed by atoms with Gasteiger partial charge >= 0.3 is 0 Å². The number of halogens is 1. The van der Waals surface area contributed by atoms with Crippen molar-refractivity contribution >= 4 is 17.4 Å². The van der Waals surface area contributed by atoms with Gasteiger partial charge in [-0.25, -0.2) is 4.39 Å². The number of nitrogens with one attached hydrogen (secondary N) is 1. The van der Waals surface area contributed by atoms with Crippen LogP contribution in [0, 0.1) is 19.7 Å². The number of allylic oxidation sites excluding steroid dienone is 1. The molecule has 1 amide bonds. The summed E-state index contributed by atoms with van der Waals surface area (Å²) in [5, 5.41) is 13.8. The van der Waals surface area contributed by atoms with Crippen LogP contribution in [0.25, 0.3) is 11.1 Å². The van der Waals surface area contributed by atoms with Crippen molar-refractivity contribution in [2.24, 2.45) is 0 Å². The first-order valence-electron chi connectivity index (χ1n) is 12.9. The maximum Gasteiger partial charge on any atom is 0.257 e. The SMILES string of the molecule is C/C=C(\C(=O)c1cc(F)c(NC)c(Oc2cc3c(cc2C)-c2ccccc2C3O)c1C)C(=O)N1CCCC1. The van der Waals surface area contributed by atoms with E-state index in [1.54, 1.807) is 31.9 Å². The van der Waals surface area contributed by atoms with Crippen LogP contribution in [0.3, 0.4) is 0 Å². The Morgan fingerprint density at radius 2 is 1.79 bits per heavy atom. The van der Waals surface area contributed by atoms with Crippen LogP contribution in [0.15, 0.2) is 54.1 Å². The van der Waals surface area contributed by atoms with E-state index in [2.05, 4.69) is 5.32 Å². The highest BCUT2D eigenvalue weighted by atomic mass is 19.1. The van der Waals surface area contributed by atoms with Gasteiger partial charge in [-0.1, -0.05) is 30.3 Å². The lowest BCUT2D eigenvalue weighted by Gasteiger charge is -2.21. The molecule has 3 aromatic carbocycles. The molecule has 38 heavy (non-hydrogen) atoms. The van der Waals surface area contributed by atoms with Crippen LogP contribution in [-0.2, 0) is 4.79 Å². The highest BCUT2D eigenvalue weighted by Crippen LogP contribution is 2.47. The molecule has 1 atom stereocenters. The van der Waals surface area contributed by atoms with Gasteiger partial charge in [-0.2, -0.15) is 0 Å². The molecule has 0 saturated carbocycles. The lowest BCUT2D eigenvalue weighted by Crippen LogP contribution is -2.32. The van der Waals surface area contributed by atoms with E-state index in [9.17, 15) is 14.7 Å². The van der Waals surface area contributed by atoms with Crippen LogP contribution < -0.4 is 10.1 Å². The van der Waals surface area contributed by atoms with Crippen LogP contribution in [-0.4, -0.2) is 41.8 Å². The highest BCUT2D eigenvalue weighted by Gasteiger charge is 2.31. The number of rotatable bonds is 6. The average molecular weight is 515 g/mol. The molecule has 0 spiro atoms. The molecule has 1 saturated heterocycles. The van der Waals surface area contributed by atoms with Crippen molar-refractivity contribution in [3.8, 4) is 22.6 Å². The first-order valence-corrected chi connectivity index (χ1v) is 12.9. The van der Waals surface area contributed by atoms with Gasteiger partial charge in [0.15, 0.2) is 17.3 Å². The standard InChI is InChI=1S/C31H31FN2O4/c1-5-19(31(37)34-12-8-9-13-34)28(35)22-15-25(32)27(33-4)30(18(22)3)38-26-16-24-23(14-17(26)2)20-10-6-7-11-21(20)29(24)36/h5-7,10-11,14-16,29,33,36H,8-9,12-13H2,1-4H3/b19-5+. The largest absolute Gasteiger partial charge is 0.454 e. The highest BCUT2D eigenvalue weighted by molar-refractivity contribution is 6.26. The van der Waals surface area contributed by atoms with Crippen molar-refractivity contribution in [3.63, 3.8) is 0 Å². The molecule has 7 heteroatoms. The number of anilines is 1. The summed E-state index contributed by atoms with van der Waals surface area (Å²) in [7, 11) is 1.58. The number of aliphatic hydroxyl groups is 1. The van der Waals surface area contributed by atoms with Gasteiger partial charge in [0.1, 0.15) is 17.5 Å². The first-order chi connectivity index (χ1) is 18.3. The van der Waals surface area contributed by atoms with Crippen molar-refractivity contribution in [2.75, 3.05) is 25.5 Å². The van der Waals surface area contributed by atoms with Gasteiger partial charge in [-0.05, 0) is 79.6 Å². The molecule has 1 fully saturated rings. The minimum atomic E-state index is -0.799. The first kappa shape index (κ1) is 25.7. The van der Waals surface area contributed by atoms with Gasteiger partial charge in [0, 0.05) is 31.3 Å². The number of hydrogen-bond donors (Lipinski definition) is 2. The van der Waals surface area contributed by atoms with Gasteiger partial charge in [0.25, 0.3) is 5.91 Å². The summed E-state index contributed by atoms with van der Waals surface area (Å²) in [6, 6.07) is 12.6. The molecule has 1 heterocycles. The summed E-state index contributed by atoms with van der Waals surface area (Å²) in [6.07, 6.45) is 2.50. The Kier molecular flexibility index (Phi) is 6.80. The third-order valence-electron chi connectivity index (χ3n) is 7.53. The number of ether oxygens (including phenoxy) is 1. The number of aliphatic hydroxyl groups excluding tert-OH is 1. The zero-order valence-electron chi connectivity index (χ0n) is 22.0. The number of amides is 1. The Bertz CT molecular complexity index is 1490. The second-order valence-corrected chi connectivity index (χ2v) is 9.81. The molecule has 1 unspecified atom stereocenters. The fraction of sp³-hybridized carbons (Fsp3) is 0.290. The van der Waals surface area contributed by atoms with Crippen molar-refractivity contribution in [1.82, 2.24) is 4.90 Å². The van der Waals surface area contributed by atoms with Gasteiger partial charge in [-0.15, -0.1) is 0 Å². The summed E-state index contributed by atoms with van der Waals surface area (Å²) in [5.74, 6) is -0.929. The number of ketones is 1. The molecule has 3 aromatic rings. The Hall–Kier alpha value is -3.97. The topological polar surface area (TPSA) is 78.9 Å². The Balaban J connectivity index is 1.55. The molecular weight excluding hydrogens is 483 g/mol. The third kappa shape index (κ3) is 4.17. The van der Waals surface area contributed by atoms with Crippen molar-refractivity contribution in [3.05, 3.63) is 87.7 Å². The summed E-state index contributed by atoms with van der Waals surface area (Å²) >= 11 is 0. The molecule has 0 bridgehead atoms. The van der Waals surface area contributed by atoms with Crippen molar-refractivity contribution < 1.29 is 23.8 Å². The molecule has 0 radical (unpaired) electrons. The molecule has 0 aromatic heterocycles. The maximum absolute atomic E-state index is 15.3. The maximum atomic E-state index is 15.3. The number of aryl methyl sites for hydroxylation is 1. The van der Waals surface area contributed by atoms with E-state index in [0.717, 1.165) is 41.2 Å². The predicted octanol–water partition coefficient (Wildman–Crippen LogP) is 6.09. The number of hydrogen-bond acceptors (Lipinski definition) is 5. The summed E-state index contributed by atoms with van der Waals surface area (Å²) < 4.78 is 21.6. The van der Waals surface area contributed by atoms with Gasteiger partial charge in [-0.3, -0.25) is 9.59 Å². The lowest BCUT2D eigenvalue weighted by atomic mass is 9.96. The fourth-order valence-corrected chi connectivity index (χ4v) is 5.44. The molecule has 196 valence electrons. The van der Waals surface area contributed by atoms with Gasteiger partial charge < -0.3 is 20.1 Å². The van der Waals surface area contributed by atoms with Crippen LogP contribution in [0.5, 0.6) is 11.5 Å². The minimum absolute atomic E-state index is 0.0205. The molecule has 1 aliphatic carbocycles. The third-order valence-corrected chi connectivity index (χ3v) is 7.53. The lowest BCUT2D eigenvalue weighted by molar-refractivity contribution is -0.125. The minimum Gasteiger partial charge on any atom is -0.454 e. The molecule has 6 nitrogen and oxygen atoms in total. The number of likely N-dealkylation sites (tertiary alicyclic amines) is 1. The van der Waals surface area contributed by atoms with E-state index in [-0.39, 0.29) is 28.5 Å².